The number of unbranched alkanes of at least 4 members (excludes halogenated alkanes) is 2. The fourth-order valence-corrected chi connectivity index (χ4v) is 8.74. The number of ketones is 1. The molecule has 0 radical (unpaired) electrons. The number of piperidine rings is 1. The number of carbonyl (C=O) groups is 2. The highest BCUT2D eigenvalue weighted by atomic mass is 19.4. The van der Waals surface area contributed by atoms with Gasteiger partial charge in [-0.15, -0.1) is 0 Å². The summed E-state index contributed by atoms with van der Waals surface area (Å²) >= 11 is 0. The smallest absolute Gasteiger partial charge is 0.448 e. The third-order valence-corrected chi connectivity index (χ3v) is 12.2. The summed E-state index contributed by atoms with van der Waals surface area (Å²) in [4.78, 5) is 24.6. The Balaban J connectivity index is 0.922. The topological polar surface area (TPSA) is 111 Å². The van der Waals surface area contributed by atoms with Gasteiger partial charge < -0.3 is 42.8 Å². The molecule has 8 rings (SSSR count). The molecule has 1 amide bonds. The van der Waals surface area contributed by atoms with Gasteiger partial charge in [0.25, 0.3) is 11.6 Å². The number of rotatable bonds is 6. The molecule has 0 aromatic heterocycles. The quantitative estimate of drug-likeness (QED) is 0.314. The van der Waals surface area contributed by atoms with E-state index in [0.29, 0.717) is 64.6 Å². The van der Waals surface area contributed by atoms with Gasteiger partial charge in [-0.3, -0.25) is 9.59 Å². The lowest BCUT2D eigenvalue weighted by molar-refractivity contribution is -0.381. The summed E-state index contributed by atoms with van der Waals surface area (Å²) in [7, 11) is 0. The molecule has 52 heavy (non-hydrogen) atoms. The third-order valence-electron chi connectivity index (χ3n) is 12.2. The summed E-state index contributed by atoms with van der Waals surface area (Å²) in [6.07, 6.45) is 5.08. The van der Waals surface area contributed by atoms with E-state index in [-0.39, 0.29) is 44.9 Å². The van der Waals surface area contributed by atoms with Gasteiger partial charge >= 0.3 is 12.1 Å². The first-order chi connectivity index (χ1) is 24.8. The Kier molecular flexibility index (Phi) is 9.18. The van der Waals surface area contributed by atoms with E-state index >= 15 is 0 Å². The van der Waals surface area contributed by atoms with Crippen molar-refractivity contribution in [3.8, 4) is 23.0 Å². The number of alkyl halides is 3. The molecule has 1 aromatic carbocycles. The molecule has 0 unspecified atom stereocenters. The maximum atomic E-state index is 12.9. The predicted molar refractivity (Wildman–Crippen MR) is 177 cm³/mol. The molecule has 288 valence electrons. The average molecular weight is 738 g/mol. The Morgan fingerprint density at radius 2 is 1.00 bits per heavy atom. The maximum Gasteiger partial charge on any atom is 0.471 e. The minimum Gasteiger partial charge on any atom is -0.448 e. The molecule has 2 aliphatic carbocycles. The van der Waals surface area contributed by atoms with Crippen LogP contribution in [0.3, 0.4) is 0 Å². The number of halogens is 3. The van der Waals surface area contributed by atoms with Crippen molar-refractivity contribution in [2.75, 3.05) is 39.5 Å². The number of hydrogen-bond donors (Lipinski definition) is 0. The van der Waals surface area contributed by atoms with Gasteiger partial charge in [0.2, 0.25) is 0 Å². The molecule has 2 saturated carbocycles. The van der Waals surface area contributed by atoms with E-state index in [0.717, 1.165) is 77.5 Å². The summed E-state index contributed by atoms with van der Waals surface area (Å²) in [5.41, 5.74) is 1.43. The van der Waals surface area contributed by atoms with Crippen molar-refractivity contribution >= 4 is 11.7 Å². The zero-order valence-electron chi connectivity index (χ0n) is 30.2. The minimum atomic E-state index is -4.89. The average Bonchev–Trinajstić information content (AvgIpc) is 3.70. The normalized spacial score (nSPS) is 26.2. The van der Waals surface area contributed by atoms with Crippen molar-refractivity contribution in [3.05, 3.63) is 11.1 Å². The fraction of sp³-hybridized carbons (Fsp3) is 0.789. The Bertz CT molecular complexity index is 1480. The van der Waals surface area contributed by atoms with Gasteiger partial charge in [-0.05, 0) is 25.7 Å². The van der Waals surface area contributed by atoms with E-state index in [1.54, 1.807) is 0 Å². The van der Waals surface area contributed by atoms with Gasteiger partial charge in [-0.2, -0.15) is 13.2 Å². The first kappa shape index (κ1) is 36.2. The maximum absolute atomic E-state index is 12.9. The highest BCUT2D eigenvalue weighted by Crippen LogP contribution is 2.61. The highest BCUT2D eigenvalue weighted by molar-refractivity contribution is 5.82. The number of hydrogen-bond acceptors (Lipinski definition) is 10. The van der Waals surface area contributed by atoms with Crippen LogP contribution in [-0.4, -0.2) is 85.4 Å². The van der Waals surface area contributed by atoms with E-state index in [1.165, 1.54) is 0 Å². The van der Waals surface area contributed by atoms with Gasteiger partial charge in [-0.25, -0.2) is 0 Å². The van der Waals surface area contributed by atoms with Crippen LogP contribution < -0.4 is 18.9 Å². The second-order valence-electron chi connectivity index (χ2n) is 16.0. The Hall–Kier alpha value is -2.81. The summed E-state index contributed by atoms with van der Waals surface area (Å²) < 4.78 is 91.3. The van der Waals surface area contributed by atoms with Gasteiger partial charge in [-0.1, -0.05) is 26.7 Å². The van der Waals surface area contributed by atoms with Crippen molar-refractivity contribution < 1.29 is 60.7 Å². The Morgan fingerprint density at radius 3 is 1.40 bits per heavy atom. The Labute approximate surface area is 302 Å². The summed E-state index contributed by atoms with van der Waals surface area (Å²) in [6.45, 7) is 5.44. The molecule has 7 aliphatic rings. The third kappa shape index (κ3) is 6.42. The molecule has 0 bridgehead atoms. The van der Waals surface area contributed by atoms with Crippen LogP contribution in [0.15, 0.2) is 0 Å². The first-order valence-corrected chi connectivity index (χ1v) is 19.3. The monoisotopic (exact) mass is 737 g/mol. The summed E-state index contributed by atoms with van der Waals surface area (Å²) in [5, 5.41) is 0. The summed E-state index contributed by atoms with van der Waals surface area (Å²) in [6, 6.07) is 0. The number of ether oxygens (including phenoxy) is 8. The van der Waals surface area contributed by atoms with Crippen LogP contribution >= 0.6 is 0 Å². The van der Waals surface area contributed by atoms with Crippen molar-refractivity contribution in [1.82, 2.24) is 4.90 Å². The van der Waals surface area contributed by atoms with Crippen molar-refractivity contribution in [3.63, 3.8) is 0 Å². The van der Waals surface area contributed by atoms with Gasteiger partial charge in [0.15, 0.2) is 34.6 Å². The number of benzene rings is 1. The van der Waals surface area contributed by atoms with E-state index in [2.05, 4.69) is 13.8 Å². The molecule has 5 aliphatic heterocycles. The molecule has 0 N–H and O–H groups in total. The number of amides is 1. The fourth-order valence-electron chi connectivity index (χ4n) is 8.74. The Morgan fingerprint density at radius 1 is 0.615 bits per heavy atom. The van der Waals surface area contributed by atoms with Crippen LogP contribution in [0.5, 0.6) is 23.0 Å². The summed E-state index contributed by atoms with van der Waals surface area (Å²) in [5.74, 6) is -2.06. The number of Topliss-reactive ketones (excluding diaryl/α,β-unsaturated/α-hetero) is 1. The predicted octanol–water partition coefficient (Wildman–Crippen LogP) is 6.68. The molecule has 14 heteroatoms. The number of carbonyl (C=O) groups excluding carboxylic acids is 2. The number of likely N-dealkylation sites (tertiary alicyclic amines) is 1. The van der Waals surface area contributed by atoms with Gasteiger partial charge in [0, 0.05) is 88.4 Å². The van der Waals surface area contributed by atoms with E-state index in [4.69, 9.17) is 37.9 Å². The SMILES string of the molecule is CCCCc1c2c(c(CCCC)c3c1OC1(CCC4(CC1)OCC1(COC5(CCN(C(=O)C(F)(F)F)CC5)OC1)CO4)O3)OC1(CCC(=O)CC1)O2. The highest BCUT2D eigenvalue weighted by Gasteiger charge is 2.58. The molecule has 1 aromatic rings. The van der Waals surface area contributed by atoms with E-state index in [1.807, 2.05) is 0 Å². The van der Waals surface area contributed by atoms with Crippen molar-refractivity contribution in [2.45, 2.75) is 146 Å². The lowest BCUT2D eigenvalue weighted by Gasteiger charge is -2.53. The number of fused-ring (bicyclic) bond motifs is 2. The second kappa shape index (κ2) is 13.2. The lowest BCUT2D eigenvalue weighted by atomic mass is 9.84. The van der Waals surface area contributed by atoms with Gasteiger partial charge in [0.05, 0.1) is 31.8 Å². The van der Waals surface area contributed by atoms with Crippen LogP contribution in [0.2, 0.25) is 0 Å². The second-order valence-corrected chi connectivity index (χ2v) is 16.0. The standard InChI is InChI=1S/C38H50F3NO10/c1-3-5-7-26-28-29(50-36(49-28)11-9-25(43)10-12-36)27(8-6-4-2)31-30(26)51-37(52-31)15-13-34(14-16-37)45-21-33(22-46-34)23-47-35(48-24-33)17-19-42(20-18-35)32(44)38(39,40)41/h3-24H2,1-2H3. The van der Waals surface area contributed by atoms with Crippen molar-refractivity contribution in [2.24, 2.45) is 5.41 Å². The van der Waals surface area contributed by atoms with E-state index in [9.17, 15) is 22.8 Å². The molecular formula is C38H50F3NO10. The molecule has 11 nitrogen and oxygen atoms in total. The molecule has 3 saturated heterocycles. The van der Waals surface area contributed by atoms with Gasteiger partial charge in [0.1, 0.15) is 5.78 Å². The van der Waals surface area contributed by atoms with Crippen LogP contribution in [0.4, 0.5) is 13.2 Å². The van der Waals surface area contributed by atoms with Crippen molar-refractivity contribution in [1.29, 1.82) is 0 Å². The van der Waals surface area contributed by atoms with Crippen LogP contribution in [0, 0.1) is 5.41 Å². The first-order valence-electron chi connectivity index (χ1n) is 19.3. The minimum absolute atomic E-state index is 0.0803. The molecule has 5 fully saturated rings. The zero-order valence-corrected chi connectivity index (χ0v) is 30.2. The van der Waals surface area contributed by atoms with Crippen LogP contribution in [0.25, 0.3) is 0 Å². The lowest BCUT2D eigenvalue weighted by Crippen LogP contribution is -2.62. The molecular weight excluding hydrogens is 687 g/mol. The molecule has 0 atom stereocenters. The van der Waals surface area contributed by atoms with Crippen LogP contribution in [-0.2, 0) is 41.4 Å². The molecule has 5 heterocycles. The van der Waals surface area contributed by atoms with Crippen LogP contribution in [0.1, 0.15) is 115 Å². The zero-order chi connectivity index (χ0) is 36.4. The molecule has 5 spiro atoms. The van der Waals surface area contributed by atoms with E-state index < -0.39 is 40.6 Å². The number of nitrogens with zero attached hydrogens (tertiary/aromatic N) is 1. The largest absolute Gasteiger partial charge is 0.471 e.